The molecule has 176 valence electrons. The SMILES string of the molecule is CC1=C2CC3C(CCC4=CC(=O)NCCC43C)C2CCC2(C1)OC1CC(C)CNC1C2C. The van der Waals surface area contributed by atoms with E-state index in [9.17, 15) is 4.79 Å². The van der Waals surface area contributed by atoms with E-state index in [0.717, 1.165) is 50.1 Å². The third-order valence-electron chi connectivity index (χ3n) is 11.0. The lowest BCUT2D eigenvalue weighted by Crippen LogP contribution is -2.48. The van der Waals surface area contributed by atoms with Gasteiger partial charge in [0.15, 0.2) is 0 Å². The Hall–Kier alpha value is -1.13. The second kappa shape index (κ2) is 7.43. The predicted octanol–water partition coefficient (Wildman–Crippen LogP) is 4.76. The number of nitrogens with one attached hydrogen (secondary N) is 2. The number of carbonyl (C=O) groups is 1. The van der Waals surface area contributed by atoms with Crippen LogP contribution in [0.5, 0.6) is 0 Å². The Balaban J connectivity index is 1.30. The van der Waals surface area contributed by atoms with E-state index in [-0.39, 0.29) is 16.9 Å². The molecule has 4 nitrogen and oxygen atoms in total. The minimum atomic E-state index is 0.0333. The van der Waals surface area contributed by atoms with Gasteiger partial charge in [-0.1, -0.05) is 37.5 Å². The van der Waals surface area contributed by atoms with Crippen LogP contribution >= 0.6 is 0 Å². The lowest BCUT2D eigenvalue weighted by Gasteiger charge is -2.46. The number of allylic oxidation sites excluding steroid dienone is 2. The molecule has 3 aliphatic heterocycles. The molecule has 4 heteroatoms. The molecule has 9 atom stereocenters. The van der Waals surface area contributed by atoms with Gasteiger partial charge in [0.1, 0.15) is 0 Å². The lowest BCUT2D eigenvalue weighted by molar-refractivity contribution is -0.116. The molecule has 3 heterocycles. The van der Waals surface area contributed by atoms with Gasteiger partial charge < -0.3 is 15.4 Å². The van der Waals surface area contributed by atoms with Gasteiger partial charge in [0.25, 0.3) is 0 Å². The maximum atomic E-state index is 12.2. The summed E-state index contributed by atoms with van der Waals surface area (Å²) in [6, 6.07) is 0.534. The fraction of sp³-hybridized carbons (Fsp3) is 0.821. The van der Waals surface area contributed by atoms with Crippen molar-refractivity contribution in [2.45, 2.75) is 96.8 Å². The summed E-state index contributed by atoms with van der Waals surface area (Å²) in [5.74, 6) is 3.64. The second-order valence-corrected chi connectivity index (χ2v) is 12.6. The van der Waals surface area contributed by atoms with Crippen molar-refractivity contribution in [2.24, 2.45) is 35.0 Å². The van der Waals surface area contributed by atoms with E-state index in [2.05, 4.69) is 38.3 Å². The van der Waals surface area contributed by atoms with E-state index < -0.39 is 0 Å². The Bertz CT molecular complexity index is 877. The van der Waals surface area contributed by atoms with Crippen LogP contribution < -0.4 is 10.6 Å². The molecule has 0 aromatic heterocycles. The lowest BCUT2D eigenvalue weighted by atomic mass is 9.58. The van der Waals surface area contributed by atoms with Crippen molar-refractivity contribution in [3.63, 3.8) is 0 Å². The first kappa shape index (κ1) is 21.4. The molecular formula is C28H42N2O2. The Morgan fingerprint density at radius 2 is 2.03 bits per heavy atom. The van der Waals surface area contributed by atoms with Crippen LogP contribution in [-0.4, -0.2) is 36.7 Å². The molecule has 1 amide bonds. The van der Waals surface area contributed by atoms with E-state index in [0.29, 0.717) is 24.0 Å². The fourth-order valence-corrected chi connectivity index (χ4v) is 9.13. The summed E-state index contributed by atoms with van der Waals surface area (Å²) in [5.41, 5.74) is 5.06. The molecule has 0 aromatic carbocycles. The normalized spacial score (nSPS) is 50.6. The number of ether oxygens (including phenoxy) is 1. The molecule has 6 rings (SSSR count). The summed E-state index contributed by atoms with van der Waals surface area (Å²) < 4.78 is 7.01. The Labute approximate surface area is 194 Å². The molecular weight excluding hydrogens is 396 g/mol. The van der Waals surface area contributed by atoms with Crippen LogP contribution in [0.3, 0.4) is 0 Å². The average molecular weight is 439 g/mol. The monoisotopic (exact) mass is 438 g/mol. The minimum absolute atomic E-state index is 0.0333. The number of rotatable bonds is 0. The van der Waals surface area contributed by atoms with Gasteiger partial charge in [0.05, 0.1) is 11.7 Å². The van der Waals surface area contributed by atoms with E-state index in [1.165, 1.54) is 37.7 Å². The standard InChI is InChI=1S/C28H42N2O2/c1-16-11-24-26(30-15-16)18(3)28(32-24)8-7-20-21-6-5-19-12-25(31)29-10-9-27(19,4)23(21)13-22(20)17(2)14-28/h12,16,18,20-21,23-24,26,30H,5-11,13-15H2,1-4H3,(H,29,31). The van der Waals surface area contributed by atoms with Crippen molar-refractivity contribution in [1.82, 2.24) is 10.6 Å². The van der Waals surface area contributed by atoms with E-state index >= 15 is 0 Å². The zero-order valence-electron chi connectivity index (χ0n) is 20.5. The molecule has 0 radical (unpaired) electrons. The molecule has 6 aliphatic rings. The molecule has 0 bridgehead atoms. The van der Waals surface area contributed by atoms with Gasteiger partial charge in [0, 0.05) is 24.6 Å². The van der Waals surface area contributed by atoms with Crippen LogP contribution in [0.4, 0.5) is 0 Å². The van der Waals surface area contributed by atoms with Crippen LogP contribution in [-0.2, 0) is 9.53 Å². The highest BCUT2D eigenvalue weighted by Gasteiger charge is 2.58. The van der Waals surface area contributed by atoms with Crippen LogP contribution in [0.15, 0.2) is 22.8 Å². The maximum absolute atomic E-state index is 12.2. The zero-order valence-corrected chi connectivity index (χ0v) is 20.5. The summed E-state index contributed by atoms with van der Waals surface area (Å²) in [6.07, 6.45) is 11.9. The molecule has 2 N–H and O–H groups in total. The Morgan fingerprint density at radius 3 is 2.88 bits per heavy atom. The highest BCUT2D eigenvalue weighted by atomic mass is 16.5. The number of piperidine rings is 1. The van der Waals surface area contributed by atoms with Crippen LogP contribution in [0.25, 0.3) is 0 Å². The second-order valence-electron chi connectivity index (χ2n) is 12.6. The van der Waals surface area contributed by atoms with Crippen LogP contribution in [0.1, 0.15) is 79.1 Å². The van der Waals surface area contributed by atoms with Crippen molar-refractivity contribution >= 4 is 5.91 Å². The molecule has 1 spiro atoms. The van der Waals surface area contributed by atoms with Gasteiger partial charge in [-0.3, -0.25) is 4.79 Å². The number of fused-ring (bicyclic) bond motifs is 6. The van der Waals surface area contributed by atoms with Crippen molar-refractivity contribution in [2.75, 3.05) is 13.1 Å². The first-order valence-electron chi connectivity index (χ1n) is 13.4. The number of hydrogen-bond acceptors (Lipinski definition) is 3. The highest BCUT2D eigenvalue weighted by molar-refractivity contribution is 5.88. The number of hydrogen-bond donors (Lipinski definition) is 2. The van der Waals surface area contributed by atoms with Crippen LogP contribution in [0, 0.1) is 35.0 Å². The highest BCUT2D eigenvalue weighted by Crippen LogP contribution is 2.63. The summed E-state index contributed by atoms with van der Waals surface area (Å²) in [7, 11) is 0. The molecule has 4 fully saturated rings. The van der Waals surface area contributed by atoms with Crippen molar-refractivity contribution in [3.8, 4) is 0 Å². The Kier molecular flexibility index (Phi) is 4.97. The van der Waals surface area contributed by atoms with Gasteiger partial charge >= 0.3 is 0 Å². The van der Waals surface area contributed by atoms with Crippen molar-refractivity contribution in [1.29, 1.82) is 0 Å². The molecule has 3 aliphatic carbocycles. The van der Waals surface area contributed by atoms with Crippen LogP contribution in [0.2, 0.25) is 0 Å². The summed E-state index contributed by atoms with van der Waals surface area (Å²) >= 11 is 0. The first-order valence-corrected chi connectivity index (χ1v) is 13.4. The van der Waals surface area contributed by atoms with Crippen molar-refractivity contribution < 1.29 is 9.53 Å². The number of amides is 1. The summed E-state index contributed by atoms with van der Waals surface area (Å²) in [5, 5.41) is 6.95. The molecule has 2 saturated heterocycles. The van der Waals surface area contributed by atoms with Crippen molar-refractivity contribution in [3.05, 3.63) is 22.8 Å². The topological polar surface area (TPSA) is 50.4 Å². The quantitative estimate of drug-likeness (QED) is 0.536. The fourth-order valence-electron chi connectivity index (χ4n) is 9.13. The van der Waals surface area contributed by atoms with Gasteiger partial charge in [-0.05, 0) is 93.9 Å². The van der Waals surface area contributed by atoms with Gasteiger partial charge in [-0.15, -0.1) is 0 Å². The number of carbonyl (C=O) groups excluding carboxylic acids is 1. The van der Waals surface area contributed by atoms with E-state index in [1.807, 2.05) is 6.08 Å². The predicted molar refractivity (Wildman–Crippen MR) is 127 cm³/mol. The summed E-state index contributed by atoms with van der Waals surface area (Å²) in [6.45, 7) is 11.7. The van der Waals surface area contributed by atoms with Gasteiger partial charge in [-0.25, -0.2) is 0 Å². The molecule has 2 saturated carbocycles. The van der Waals surface area contributed by atoms with E-state index in [1.54, 1.807) is 11.1 Å². The first-order chi connectivity index (χ1) is 15.3. The largest absolute Gasteiger partial charge is 0.369 e. The Morgan fingerprint density at radius 1 is 1.19 bits per heavy atom. The van der Waals surface area contributed by atoms with E-state index in [4.69, 9.17) is 4.74 Å². The smallest absolute Gasteiger partial charge is 0.243 e. The minimum Gasteiger partial charge on any atom is -0.369 e. The average Bonchev–Trinajstić information content (AvgIpc) is 3.14. The maximum Gasteiger partial charge on any atom is 0.243 e. The third kappa shape index (κ3) is 3.04. The van der Waals surface area contributed by atoms with Gasteiger partial charge in [-0.2, -0.15) is 0 Å². The summed E-state index contributed by atoms with van der Waals surface area (Å²) in [4.78, 5) is 12.2. The molecule has 0 aromatic rings. The molecule has 32 heavy (non-hydrogen) atoms. The van der Waals surface area contributed by atoms with Gasteiger partial charge in [0.2, 0.25) is 5.91 Å². The zero-order chi connectivity index (χ0) is 22.3. The molecule has 9 unspecified atom stereocenters. The third-order valence-corrected chi connectivity index (χ3v) is 11.0.